The Morgan fingerprint density at radius 2 is 2.20 bits per heavy atom. The van der Waals surface area contributed by atoms with E-state index in [2.05, 4.69) is 25.8 Å². The predicted octanol–water partition coefficient (Wildman–Crippen LogP) is 3.56. The molecular formula is C16H24N2OS. The van der Waals surface area contributed by atoms with Crippen molar-refractivity contribution in [3.8, 4) is 5.75 Å². The second-order valence-corrected chi connectivity index (χ2v) is 6.64. The summed E-state index contributed by atoms with van der Waals surface area (Å²) < 4.78 is 6.26. The SMILES string of the molecule is CC1CCC(C(C)C)C(Oc2cccnc2C(N)=S)C1. The molecule has 3 atom stereocenters. The first-order chi connectivity index (χ1) is 9.49. The molecule has 1 aliphatic rings. The Morgan fingerprint density at radius 1 is 1.45 bits per heavy atom. The fourth-order valence-electron chi connectivity index (χ4n) is 3.08. The zero-order chi connectivity index (χ0) is 14.7. The molecule has 0 amide bonds. The summed E-state index contributed by atoms with van der Waals surface area (Å²) in [5.41, 5.74) is 6.33. The van der Waals surface area contributed by atoms with Crippen LogP contribution in [0, 0.1) is 17.8 Å². The lowest BCUT2D eigenvalue weighted by Gasteiger charge is -2.37. The summed E-state index contributed by atoms with van der Waals surface area (Å²) in [5.74, 6) is 2.65. The highest BCUT2D eigenvalue weighted by Crippen LogP contribution is 2.36. The summed E-state index contributed by atoms with van der Waals surface area (Å²) >= 11 is 5.06. The summed E-state index contributed by atoms with van der Waals surface area (Å²) in [7, 11) is 0. The van der Waals surface area contributed by atoms with E-state index >= 15 is 0 Å². The Morgan fingerprint density at radius 3 is 2.85 bits per heavy atom. The van der Waals surface area contributed by atoms with Crippen molar-refractivity contribution in [3.05, 3.63) is 24.0 Å². The van der Waals surface area contributed by atoms with E-state index in [0.717, 1.165) is 12.2 Å². The summed E-state index contributed by atoms with van der Waals surface area (Å²) in [6.07, 6.45) is 5.54. The quantitative estimate of drug-likeness (QED) is 0.862. The highest BCUT2D eigenvalue weighted by molar-refractivity contribution is 7.80. The van der Waals surface area contributed by atoms with E-state index in [9.17, 15) is 0 Å². The number of ether oxygens (including phenoxy) is 1. The Bertz CT molecular complexity index is 475. The topological polar surface area (TPSA) is 48.1 Å². The molecule has 3 nitrogen and oxygen atoms in total. The van der Waals surface area contributed by atoms with Crippen LogP contribution in [0.5, 0.6) is 5.75 Å². The van der Waals surface area contributed by atoms with Crippen molar-refractivity contribution in [2.45, 2.75) is 46.1 Å². The van der Waals surface area contributed by atoms with Crippen LogP contribution in [-0.4, -0.2) is 16.1 Å². The van der Waals surface area contributed by atoms with Crippen molar-refractivity contribution in [1.29, 1.82) is 0 Å². The molecule has 20 heavy (non-hydrogen) atoms. The maximum Gasteiger partial charge on any atom is 0.148 e. The predicted molar refractivity (Wildman–Crippen MR) is 85.9 cm³/mol. The van der Waals surface area contributed by atoms with Gasteiger partial charge in [0, 0.05) is 6.20 Å². The Hall–Kier alpha value is -1.16. The van der Waals surface area contributed by atoms with Crippen LogP contribution in [0.2, 0.25) is 0 Å². The van der Waals surface area contributed by atoms with Gasteiger partial charge in [-0.1, -0.05) is 39.4 Å². The molecule has 1 aliphatic carbocycles. The van der Waals surface area contributed by atoms with Crippen molar-refractivity contribution < 1.29 is 4.74 Å². The van der Waals surface area contributed by atoms with Crippen LogP contribution in [0.1, 0.15) is 45.7 Å². The van der Waals surface area contributed by atoms with Gasteiger partial charge in [-0.15, -0.1) is 0 Å². The Labute approximate surface area is 126 Å². The molecule has 1 heterocycles. The summed E-state index contributed by atoms with van der Waals surface area (Å²) in [6, 6.07) is 3.78. The van der Waals surface area contributed by atoms with Gasteiger partial charge in [0.15, 0.2) is 0 Å². The zero-order valence-electron chi connectivity index (χ0n) is 12.5. The zero-order valence-corrected chi connectivity index (χ0v) is 13.3. The summed E-state index contributed by atoms with van der Waals surface area (Å²) in [5, 5.41) is 0. The van der Waals surface area contributed by atoms with E-state index in [4.69, 9.17) is 22.7 Å². The number of aromatic nitrogens is 1. The van der Waals surface area contributed by atoms with Crippen molar-refractivity contribution in [3.63, 3.8) is 0 Å². The second kappa shape index (κ2) is 6.53. The van der Waals surface area contributed by atoms with Crippen molar-refractivity contribution in [1.82, 2.24) is 4.98 Å². The van der Waals surface area contributed by atoms with E-state index in [1.165, 1.54) is 12.8 Å². The van der Waals surface area contributed by atoms with Crippen LogP contribution in [0.3, 0.4) is 0 Å². The van der Waals surface area contributed by atoms with Gasteiger partial charge in [0.05, 0.1) is 0 Å². The minimum Gasteiger partial charge on any atom is -0.488 e. The number of hydrogen-bond acceptors (Lipinski definition) is 3. The third-order valence-electron chi connectivity index (χ3n) is 4.24. The third kappa shape index (κ3) is 3.48. The van der Waals surface area contributed by atoms with Gasteiger partial charge >= 0.3 is 0 Å². The van der Waals surface area contributed by atoms with Crippen LogP contribution < -0.4 is 10.5 Å². The lowest BCUT2D eigenvalue weighted by atomic mass is 9.75. The largest absolute Gasteiger partial charge is 0.488 e. The molecule has 2 rings (SSSR count). The van der Waals surface area contributed by atoms with Crippen LogP contribution in [0.15, 0.2) is 18.3 Å². The van der Waals surface area contributed by atoms with E-state index < -0.39 is 0 Å². The molecule has 1 saturated carbocycles. The average Bonchev–Trinajstić information content (AvgIpc) is 2.38. The van der Waals surface area contributed by atoms with Crippen molar-refractivity contribution >= 4 is 17.2 Å². The van der Waals surface area contributed by atoms with Gasteiger partial charge in [0.25, 0.3) is 0 Å². The van der Waals surface area contributed by atoms with Crippen LogP contribution in [-0.2, 0) is 0 Å². The average molecular weight is 292 g/mol. The molecule has 110 valence electrons. The molecule has 0 spiro atoms. The lowest BCUT2D eigenvalue weighted by Crippen LogP contribution is -2.36. The number of pyridine rings is 1. The van der Waals surface area contributed by atoms with Crippen LogP contribution >= 0.6 is 12.2 Å². The molecule has 2 N–H and O–H groups in total. The molecule has 1 aromatic heterocycles. The van der Waals surface area contributed by atoms with Gasteiger partial charge in [-0.25, -0.2) is 4.98 Å². The molecule has 1 aromatic rings. The summed E-state index contributed by atoms with van der Waals surface area (Å²) in [4.78, 5) is 4.54. The highest BCUT2D eigenvalue weighted by atomic mass is 32.1. The first kappa shape index (κ1) is 15.2. The van der Waals surface area contributed by atoms with Gasteiger partial charge in [0.2, 0.25) is 0 Å². The molecule has 0 aliphatic heterocycles. The molecular weight excluding hydrogens is 268 g/mol. The van der Waals surface area contributed by atoms with Crippen LogP contribution in [0.4, 0.5) is 0 Å². The number of nitrogens with two attached hydrogens (primary N) is 1. The van der Waals surface area contributed by atoms with E-state index in [1.54, 1.807) is 6.20 Å². The molecule has 3 unspecified atom stereocenters. The number of thiocarbonyl (C=S) groups is 1. The first-order valence-electron chi connectivity index (χ1n) is 7.40. The van der Waals surface area contributed by atoms with Crippen molar-refractivity contribution in [2.75, 3.05) is 0 Å². The maximum atomic E-state index is 6.26. The fourth-order valence-corrected chi connectivity index (χ4v) is 3.24. The van der Waals surface area contributed by atoms with E-state index in [0.29, 0.717) is 28.4 Å². The van der Waals surface area contributed by atoms with E-state index in [-0.39, 0.29) is 6.10 Å². The third-order valence-corrected chi connectivity index (χ3v) is 4.44. The van der Waals surface area contributed by atoms with Gasteiger partial charge in [0.1, 0.15) is 22.5 Å². The number of nitrogens with zero attached hydrogens (tertiary/aromatic N) is 1. The van der Waals surface area contributed by atoms with Crippen LogP contribution in [0.25, 0.3) is 0 Å². The minimum absolute atomic E-state index is 0.232. The van der Waals surface area contributed by atoms with Gasteiger partial charge in [-0.2, -0.15) is 0 Å². The van der Waals surface area contributed by atoms with Gasteiger partial charge in [-0.05, 0) is 42.7 Å². The monoisotopic (exact) mass is 292 g/mol. The maximum absolute atomic E-state index is 6.26. The fraction of sp³-hybridized carbons (Fsp3) is 0.625. The number of hydrogen-bond donors (Lipinski definition) is 1. The normalized spacial score (nSPS) is 26.5. The lowest BCUT2D eigenvalue weighted by molar-refractivity contribution is 0.0456. The second-order valence-electron chi connectivity index (χ2n) is 6.20. The standard InChI is InChI=1S/C16H24N2OS/c1-10(2)12-7-6-11(3)9-14(12)19-13-5-4-8-18-15(13)16(17)20/h4-5,8,10-12,14H,6-7,9H2,1-3H3,(H2,17,20). The van der Waals surface area contributed by atoms with E-state index in [1.807, 2.05) is 12.1 Å². The molecule has 0 bridgehead atoms. The Balaban J connectivity index is 2.20. The molecule has 0 saturated heterocycles. The minimum atomic E-state index is 0.232. The smallest absolute Gasteiger partial charge is 0.148 e. The molecule has 4 heteroatoms. The highest BCUT2D eigenvalue weighted by Gasteiger charge is 2.32. The molecule has 0 radical (unpaired) electrons. The van der Waals surface area contributed by atoms with Crippen molar-refractivity contribution in [2.24, 2.45) is 23.5 Å². The Kier molecular flexibility index (Phi) is 4.97. The molecule has 0 aromatic carbocycles. The van der Waals surface area contributed by atoms with Gasteiger partial charge < -0.3 is 10.5 Å². The number of rotatable bonds is 4. The summed E-state index contributed by atoms with van der Waals surface area (Å²) in [6.45, 7) is 6.84. The van der Waals surface area contributed by atoms with Gasteiger partial charge in [-0.3, -0.25) is 0 Å². The first-order valence-corrected chi connectivity index (χ1v) is 7.81. The molecule has 1 fully saturated rings.